The molecule has 0 radical (unpaired) electrons. The summed E-state index contributed by atoms with van der Waals surface area (Å²) in [6.45, 7) is 13.7. The summed E-state index contributed by atoms with van der Waals surface area (Å²) in [5, 5.41) is 2.28. The van der Waals surface area contributed by atoms with Crippen molar-refractivity contribution in [1.29, 1.82) is 0 Å². The van der Waals surface area contributed by atoms with E-state index in [0.29, 0.717) is 0 Å². The van der Waals surface area contributed by atoms with E-state index in [1.165, 1.54) is 27.8 Å². The summed E-state index contributed by atoms with van der Waals surface area (Å²) in [4.78, 5) is 5.31. The monoisotopic (exact) mass is 958 g/mol. The lowest BCUT2D eigenvalue weighted by Gasteiger charge is -2.22. The standard InChI is InChI=1S/C69H58N4O/c1-68(2,3)44-52-41-66(70-45-61(52)50-32-35-53(36-33-50)69(4,5)6)73-62-39-34-51(47-20-10-7-11-21-47)40-60(62)59-38-37-56(43-65(59)73)74-55-27-18-26-54(42-55)71-46-72(64-31-17-16-30-63(64)71)67-57(48-22-12-8-13-23-48)28-19-29-58(67)49-24-14-9-15-25-49/h7-43,45H,44H2,1-6H3. The summed E-state index contributed by atoms with van der Waals surface area (Å²) < 4.78 is 13.6. The van der Waals surface area contributed by atoms with Gasteiger partial charge in [0.05, 0.1) is 33.4 Å². The molecule has 12 aromatic rings. The fourth-order valence-electron chi connectivity index (χ4n) is 10.6. The number of imidazole rings is 1. The molecule has 12 rings (SSSR count). The Morgan fingerprint density at radius 3 is 1.76 bits per heavy atom. The van der Waals surface area contributed by atoms with Crippen LogP contribution in [0.2, 0.25) is 0 Å². The zero-order valence-electron chi connectivity index (χ0n) is 42.8. The largest absolute Gasteiger partial charge is 0.458 e. The van der Waals surface area contributed by atoms with Crippen molar-refractivity contribution < 1.29 is 9.30 Å². The highest BCUT2D eigenvalue weighted by atomic mass is 16.5. The molecule has 0 bridgehead atoms. The van der Waals surface area contributed by atoms with Gasteiger partial charge < -0.3 is 4.74 Å². The maximum absolute atomic E-state index is 6.92. The number of aromatic nitrogens is 4. The van der Waals surface area contributed by atoms with Crippen LogP contribution < -0.4 is 9.30 Å². The Morgan fingerprint density at radius 2 is 1.08 bits per heavy atom. The zero-order chi connectivity index (χ0) is 50.6. The van der Waals surface area contributed by atoms with Crippen molar-refractivity contribution in [2.45, 2.75) is 53.4 Å². The van der Waals surface area contributed by atoms with E-state index in [1.54, 1.807) is 0 Å². The molecule has 0 amide bonds. The van der Waals surface area contributed by atoms with Crippen LogP contribution in [0.15, 0.2) is 231 Å². The van der Waals surface area contributed by atoms with Gasteiger partial charge in [-0.2, -0.15) is 0 Å². The summed E-state index contributed by atoms with van der Waals surface area (Å²) in [5.74, 6) is 2.32. The highest BCUT2D eigenvalue weighted by Crippen LogP contribution is 2.40. The summed E-state index contributed by atoms with van der Waals surface area (Å²) in [6, 6.07) is 79.9. The smallest absolute Gasteiger partial charge is 0.269 e. The minimum absolute atomic E-state index is 0.0440. The Balaban J connectivity index is 0.972. The molecule has 5 heteroatoms. The van der Waals surface area contributed by atoms with Crippen molar-refractivity contribution in [2.75, 3.05) is 0 Å². The molecule has 0 aliphatic rings. The van der Waals surface area contributed by atoms with Crippen LogP contribution in [0.5, 0.6) is 11.5 Å². The molecular weight excluding hydrogens is 901 g/mol. The molecule has 0 aliphatic carbocycles. The summed E-state index contributed by atoms with van der Waals surface area (Å²) >= 11 is 0. The first kappa shape index (κ1) is 46.3. The van der Waals surface area contributed by atoms with Gasteiger partial charge in [0.15, 0.2) is 0 Å². The van der Waals surface area contributed by atoms with E-state index in [9.17, 15) is 0 Å². The van der Waals surface area contributed by atoms with Crippen LogP contribution >= 0.6 is 0 Å². The normalized spacial score (nSPS) is 12.0. The Bertz CT molecular complexity index is 3950. The fourth-order valence-corrected chi connectivity index (χ4v) is 10.6. The maximum atomic E-state index is 6.92. The number of nitrogens with zero attached hydrogens (tertiary/aromatic N) is 4. The van der Waals surface area contributed by atoms with Crippen LogP contribution in [0.25, 0.3) is 94.5 Å². The number of pyridine rings is 1. The molecule has 0 fully saturated rings. The summed E-state index contributed by atoms with van der Waals surface area (Å²) in [5.41, 5.74) is 18.1. The molecule has 3 heterocycles. The van der Waals surface area contributed by atoms with Gasteiger partial charge in [-0.05, 0) is 116 Å². The molecule has 0 atom stereocenters. The van der Waals surface area contributed by atoms with Gasteiger partial charge in [-0.1, -0.05) is 211 Å². The fraction of sp³-hybridized carbons (Fsp3) is 0.130. The molecule has 0 saturated heterocycles. The van der Waals surface area contributed by atoms with E-state index >= 15 is 0 Å². The molecule has 0 saturated carbocycles. The molecule has 9 aromatic carbocycles. The molecule has 0 N–H and O–H groups in total. The number of rotatable bonds is 10. The van der Waals surface area contributed by atoms with E-state index in [4.69, 9.17) is 9.72 Å². The second-order valence-corrected chi connectivity index (χ2v) is 21.7. The van der Waals surface area contributed by atoms with Gasteiger partial charge in [-0.3, -0.25) is 13.7 Å². The van der Waals surface area contributed by atoms with Crippen molar-refractivity contribution in [3.8, 4) is 73.2 Å². The Kier molecular flexibility index (Phi) is 11.7. The first-order valence-electron chi connectivity index (χ1n) is 25.6. The Hall–Kier alpha value is -8.80. The van der Waals surface area contributed by atoms with Crippen molar-refractivity contribution in [3.05, 3.63) is 248 Å². The topological polar surface area (TPSA) is 35.9 Å². The molecule has 5 nitrogen and oxygen atoms in total. The van der Waals surface area contributed by atoms with Gasteiger partial charge in [0.1, 0.15) is 17.3 Å². The molecular formula is C69H58N4O. The van der Waals surface area contributed by atoms with E-state index in [0.717, 1.165) is 95.8 Å². The third-order valence-corrected chi connectivity index (χ3v) is 14.1. The number of benzene rings is 9. The lowest BCUT2D eigenvalue weighted by atomic mass is 9.84. The van der Waals surface area contributed by atoms with Gasteiger partial charge in [0, 0.05) is 28.6 Å². The third kappa shape index (κ3) is 8.85. The van der Waals surface area contributed by atoms with Gasteiger partial charge in [-0.25, -0.2) is 4.98 Å². The lowest BCUT2D eigenvalue weighted by Crippen LogP contribution is -2.31. The van der Waals surface area contributed by atoms with Crippen molar-refractivity contribution >= 4 is 32.8 Å². The first-order chi connectivity index (χ1) is 35.9. The average Bonchev–Trinajstić information content (AvgIpc) is 3.96. The van der Waals surface area contributed by atoms with Crippen LogP contribution in [0.1, 0.15) is 52.7 Å². The van der Waals surface area contributed by atoms with Crippen molar-refractivity contribution in [3.63, 3.8) is 0 Å². The predicted molar refractivity (Wildman–Crippen MR) is 306 cm³/mol. The van der Waals surface area contributed by atoms with Crippen molar-refractivity contribution in [1.82, 2.24) is 14.1 Å². The second-order valence-electron chi connectivity index (χ2n) is 21.7. The minimum Gasteiger partial charge on any atom is -0.458 e. The molecule has 3 aromatic heterocycles. The highest BCUT2D eigenvalue weighted by molar-refractivity contribution is 6.10. The Morgan fingerprint density at radius 1 is 0.473 bits per heavy atom. The summed E-state index contributed by atoms with van der Waals surface area (Å²) in [6.07, 6.45) is 6.79. The molecule has 0 spiro atoms. The number of para-hydroxylation sites is 3. The van der Waals surface area contributed by atoms with Crippen LogP contribution in [-0.4, -0.2) is 14.1 Å². The van der Waals surface area contributed by atoms with Crippen molar-refractivity contribution in [2.24, 2.45) is 5.41 Å². The molecule has 360 valence electrons. The second kappa shape index (κ2) is 18.7. The molecule has 0 aliphatic heterocycles. The third-order valence-electron chi connectivity index (χ3n) is 14.1. The number of hydrogen-bond acceptors (Lipinski definition) is 2. The summed E-state index contributed by atoms with van der Waals surface area (Å²) in [7, 11) is 0. The van der Waals surface area contributed by atoms with E-state index < -0.39 is 0 Å². The predicted octanol–water partition coefficient (Wildman–Crippen LogP) is 17.5. The van der Waals surface area contributed by atoms with E-state index in [1.807, 2.05) is 6.07 Å². The van der Waals surface area contributed by atoms with Gasteiger partial charge in [-0.15, -0.1) is 0 Å². The number of hydrogen-bond donors (Lipinski definition) is 0. The quantitative estimate of drug-likeness (QED) is 0.101. The Labute approximate surface area is 434 Å². The van der Waals surface area contributed by atoms with Gasteiger partial charge in [0.2, 0.25) is 0 Å². The van der Waals surface area contributed by atoms with Crippen LogP contribution in [0.4, 0.5) is 0 Å². The van der Waals surface area contributed by atoms with Crippen LogP contribution in [-0.2, 0) is 11.8 Å². The molecule has 0 unspecified atom stereocenters. The van der Waals surface area contributed by atoms with Gasteiger partial charge in [0.25, 0.3) is 6.33 Å². The SMILES string of the molecule is CC(C)(C)Cc1cc(-n2c3ccc(-c4ccccc4)cc3c3ccc(Oc4cccc(-n5[c-][n+](-c6c(-c7ccccc7)cccc6-c6ccccc6)c6ccccc65)c4)cc32)ncc1-c1ccc(C(C)(C)C)cc1. The molecule has 74 heavy (non-hydrogen) atoms. The number of fused-ring (bicyclic) bond motifs is 4. The highest BCUT2D eigenvalue weighted by Gasteiger charge is 2.23. The first-order valence-corrected chi connectivity index (χ1v) is 25.6. The van der Waals surface area contributed by atoms with Gasteiger partial charge >= 0.3 is 0 Å². The minimum atomic E-state index is 0.0440. The van der Waals surface area contributed by atoms with E-state index in [2.05, 4.69) is 286 Å². The van der Waals surface area contributed by atoms with Crippen LogP contribution in [0, 0.1) is 11.7 Å². The lowest BCUT2D eigenvalue weighted by molar-refractivity contribution is -0.571. The zero-order valence-corrected chi connectivity index (χ0v) is 42.8. The average molecular weight is 959 g/mol. The number of ether oxygens (including phenoxy) is 1. The van der Waals surface area contributed by atoms with Crippen LogP contribution in [0.3, 0.4) is 0 Å². The van der Waals surface area contributed by atoms with E-state index in [-0.39, 0.29) is 10.8 Å². The maximum Gasteiger partial charge on any atom is 0.269 e.